The summed E-state index contributed by atoms with van der Waals surface area (Å²) in [7, 11) is 0. The lowest BCUT2D eigenvalue weighted by Crippen LogP contribution is -2.38. The second-order valence-corrected chi connectivity index (χ2v) is 8.19. The maximum Gasteiger partial charge on any atom is 0.302 e. The van der Waals surface area contributed by atoms with Crippen molar-refractivity contribution >= 4 is 11.9 Å². The lowest BCUT2D eigenvalue weighted by molar-refractivity contribution is -0.187. The minimum atomic E-state index is -0.721. The van der Waals surface area contributed by atoms with Gasteiger partial charge in [0.25, 0.3) is 0 Å². The molecule has 5 atom stereocenters. The predicted molar refractivity (Wildman–Crippen MR) is 107 cm³/mol. The molecule has 30 heavy (non-hydrogen) atoms. The van der Waals surface area contributed by atoms with Crippen LogP contribution < -0.4 is 10.6 Å². The number of aromatic nitrogens is 1. The highest BCUT2D eigenvalue weighted by Gasteiger charge is 2.55. The molecule has 0 radical (unpaired) electrons. The molecule has 2 N–H and O–H groups in total. The first kappa shape index (κ1) is 22.6. The van der Waals surface area contributed by atoms with Gasteiger partial charge >= 0.3 is 5.97 Å². The maximum absolute atomic E-state index is 12.4. The van der Waals surface area contributed by atoms with Crippen molar-refractivity contribution in [3.8, 4) is 0 Å². The number of hydrogen-bond acceptors (Lipinski definition) is 8. The number of amides is 1. The van der Waals surface area contributed by atoms with Crippen molar-refractivity contribution in [3.63, 3.8) is 0 Å². The number of ether oxygens (including phenoxy) is 4. The van der Waals surface area contributed by atoms with Crippen molar-refractivity contribution in [3.05, 3.63) is 30.1 Å². The van der Waals surface area contributed by atoms with E-state index in [1.807, 2.05) is 26.0 Å². The maximum atomic E-state index is 12.4. The largest absolute Gasteiger partial charge is 0.461 e. The zero-order valence-electron chi connectivity index (χ0n) is 17.9. The second-order valence-electron chi connectivity index (χ2n) is 8.19. The number of fused-ring (bicyclic) bond motifs is 1. The van der Waals surface area contributed by atoms with Gasteiger partial charge in [-0.3, -0.25) is 14.6 Å². The van der Waals surface area contributed by atoms with Crippen LogP contribution in [0.2, 0.25) is 0 Å². The van der Waals surface area contributed by atoms with E-state index >= 15 is 0 Å². The molecular weight excluding hydrogens is 390 g/mol. The highest BCUT2D eigenvalue weighted by Crippen LogP contribution is 2.39. The Kier molecular flexibility index (Phi) is 7.41. The molecule has 0 aromatic carbocycles. The lowest BCUT2D eigenvalue weighted by Gasteiger charge is -2.24. The van der Waals surface area contributed by atoms with Gasteiger partial charge in [0.05, 0.1) is 25.2 Å². The van der Waals surface area contributed by atoms with Crippen molar-refractivity contribution in [2.75, 3.05) is 13.1 Å². The Balaban J connectivity index is 1.52. The smallest absolute Gasteiger partial charge is 0.302 e. The van der Waals surface area contributed by atoms with Gasteiger partial charge in [-0.05, 0) is 38.5 Å². The summed E-state index contributed by atoms with van der Waals surface area (Å²) in [6.07, 6.45) is 2.07. The number of esters is 1. The van der Waals surface area contributed by atoms with Crippen molar-refractivity contribution in [1.29, 1.82) is 0 Å². The van der Waals surface area contributed by atoms with E-state index < -0.39 is 11.9 Å². The Morgan fingerprint density at radius 2 is 1.87 bits per heavy atom. The summed E-state index contributed by atoms with van der Waals surface area (Å²) in [5, 5.41) is 6.16. The number of nitrogens with one attached hydrogen (secondary N) is 2. The van der Waals surface area contributed by atoms with E-state index in [0.717, 1.165) is 5.56 Å². The van der Waals surface area contributed by atoms with Gasteiger partial charge in [0, 0.05) is 32.4 Å². The third kappa shape index (κ3) is 6.21. The Morgan fingerprint density at radius 3 is 2.53 bits per heavy atom. The van der Waals surface area contributed by atoms with Crippen LogP contribution in [0.1, 0.15) is 39.7 Å². The van der Waals surface area contributed by atoms with E-state index in [-0.39, 0.29) is 49.3 Å². The van der Waals surface area contributed by atoms with E-state index in [1.54, 1.807) is 19.3 Å². The highest BCUT2D eigenvalue weighted by molar-refractivity contribution is 5.76. The normalized spacial score (nSPS) is 28.0. The van der Waals surface area contributed by atoms with Crippen molar-refractivity contribution in [1.82, 2.24) is 15.6 Å². The summed E-state index contributed by atoms with van der Waals surface area (Å²) in [6, 6.07) is 3.90. The SMILES string of the molecule is CC(=O)O[C@H](C)CNC(=O)C[C@H]1O[C@@H](CNCc2ccncc2)[C@H]2OC(C)(C)O[C@H]21. The molecule has 1 aromatic rings. The summed E-state index contributed by atoms with van der Waals surface area (Å²) in [5.74, 6) is -1.28. The van der Waals surface area contributed by atoms with Crippen LogP contribution >= 0.6 is 0 Å². The van der Waals surface area contributed by atoms with Crippen LogP contribution in [0.25, 0.3) is 0 Å². The molecule has 1 amide bonds. The van der Waals surface area contributed by atoms with Crippen LogP contribution in [-0.4, -0.2) is 66.3 Å². The first-order valence-corrected chi connectivity index (χ1v) is 10.3. The predicted octanol–water partition coefficient (Wildman–Crippen LogP) is 0.917. The highest BCUT2D eigenvalue weighted by atomic mass is 16.8. The summed E-state index contributed by atoms with van der Waals surface area (Å²) >= 11 is 0. The Bertz CT molecular complexity index is 729. The molecule has 2 aliphatic heterocycles. The summed E-state index contributed by atoms with van der Waals surface area (Å²) in [6.45, 7) is 8.31. The third-order valence-corrected chi connectivity index (χ3v) is 5.01. The molecule has 1 aromatic heterocycles. The van der Waals surface area contributed by atoms with Crippen molar-refractivity contribution < 1.29 is 28.5 Å². The topological polar surface area (TPSA) is 108 Å². The fourth-order valence-electron chi connectivity index (χ4n) is 3.80. The number of carbonyl (C=O) groups is 2. The van der Waals surface area contributed by atoms with E-state index in [4.69, 9.17) is 18.9 Å². The molecule has 2 fully saturated rings. The average molecular weight is 421 g/mol. The van der Waals surface area contributed by atoms with Crippen LogP contribution in [0, 0.1) is 0 Å². The number of rotatable bonds is 9. The molecule has 166 valence electrons. The van der Waals surface area contributed by atoms with E-state index in [2.05, 4.69) is 15.6 Å². The first-order valence-electron chi connectivity index (χ1n) is 10.3. The summed E-state index contributed by atoms with van der Waals surface area (Å²) in [4.78, 5) is 27.4. The van der Waals surface area contributed by atoms with Crippen LogP contribution in [0.4, 0.5) is 0 Å². The first-order chi connectivity index (χ1) is 14.2. The second kappa shape index (κ2) is 9.82. The zero-order chi connectivity index (χ0) is 21.7. The molecule has 9 heteroatoms. The molecule has 0 bridgehead atoms. The van der Waals surface area contributed by atoms with Gasteiger partial charge in [0.1, 0.15) is 18.3 Å². The number of pyridine rings is 1. The van der Waals surface area contributed by atoms with Gasteiger partial charge in [-0.25, -0.2) is 0 Å². The Hall–Kier alpha value is -2.07. The quantitative estimate of drug-likeness (QED) is 0.567. The molecule has 9 nitrogen and oxygen atoms in total. The standard InChI is InChI=1S/C21H31N3O6/c1-13(27-14(2)25)10-24-18(26)9-16-19-20(30-21(3,4)29-19)17(28-16)12-23-11-15-5-7-22-8-6-15/h5-8,13,16-17,19-20,23H,9-12H2,1-4H3,(H,24,26)/t13-,16-,17+,19+,20-/m1/s1. The molecule has 2 saturated heterocycles. The van der Waals surface area contributed by atoms with Gasteiger partial charge in [0.15, 0.2) is 5.79 Å². The van der Waals surface area contributed by atoms with Gasteiger partial charge in [-0.2, -0.15) is 0 Å². The average Bonchev–Trinajstić information content (AvgIpc) is 3.14. The van der Waals surface area contributed by atoms with Gasteiger partial charge in [0.2, 0.25) is 5.91 Å². The van der Waals surface area contributed by atoms with E-state index in [9.17, 15) is 9.59 Å². The monoisotopic (exact) mass is 421 g/mol. The summed E-state index contributed by atoms with van der Waals surface area (Å²) in [5.41, 5.74) is 1.13. The molecule has 2 aliphatic rings. The molecule has 3 heterocycles. The zero-order valence-corrected chi connectivity index (χ0v) is 17.9. The number of nitrogens with zero attached hydrogens (tertiary/aromatic N) is 1. The number of carbonyl (C=O) groups excluding carboxylic acids is 2. The molecule has 0 saturated carbocycles. The van der Waals surface area contributed by atoms with Crippen molar-refractivity contribution in [2.24, 2.45) is 0 Å². The van der Waals surface area contributed by atoms with Crippen LogP contribution in [-0.2, 0) is 35.1 Å². The minimum Gasteiger partial charge on any atom is -0.461 e. The molecule has 3 rings (SSSR count). The fourth-order valence-corrected chi connectivity index (χ4v) is 3.80. The lowest BCUT2D eigenvalue weighted by atomic mass is 10.1. The summed E-state index contributed by atoms with van der Waals surface area (Å²) < 4.78 is 23.2. The number of hydrogen-bond donors (Lipinski definition) is 2. The van der Waals surface area contributed by atoms with E-state index in [0.29, 0.717) is 13.1 Å². The molecular formula is C21H31N3O6. The van der Waals surface area contributed by atoms with Crippen LogP contribution in [0.3, 0.4) is 0 Å². The molecule has 0 spiro atoms. The Labute approximate surface area is 176 Å². The third-order valence-electron chi connectivity index (χ3n) is 5.01. The van der Waals surface area contributed by atoms with E-state index in [1.165, 1.54) is 6.92 Å². The fraction of sp³-hybridized carbons (Fsp3) is 0.667. The Morgan fingerprint density at radius 1 is 1.20 bits per heavy atom. The molecule has 0 aliphatic carbocycles. The van der Waals surface area contributed by atoms with Gasteiger partial charge in [-0.15, -0.1) is 0 Å². The molecule has 0 unspecified atom stereocenters. The van der Waals surface area contributed by atoms with Crippen LogP contribution in [0.15, 0.2) is 24.5 Å². The van der Waals surface area contributed by atoms with Gasteiger partial charge in [-0.1, -0.05) is 0 Å². The minimum absolute atomic E-state index is 0.147. The van der Waals surface area contributed by atoms with Crippen LogP contribution in [0.5, 0.6) is 0 Å². The van der Waals surface area contributed by atoms with Gasteiger partial charge < -0.3 is 29.6 Å². The van der Waals surface area contributed by atoms with Crippen molar-refractivity contribution in [2.45, 2.75) is 77.0 Å².